The first-order chi connectivity index (χ1) is 9.28. The molecule has 1 heterocycles. The molecule has 2 nitrogen and oxygen atoms in total. The number of nitrogens with one attached hydrogen (secondary N) is 1. The average Bonchev–Trinajstić information content (AvgIpc) is 3.25. The third kappa shape index (κ3) is 3.33. The van der Waals surface area contributed by atoms with E-state index in [1.165, 1.54) is 64.5 Å². The van der Waals surface area contributed by atoms with Crippen LogP contribution in [0, 0.1) is 11.8 Å². The van der Waals surface area contributed by atoms with Crippen LogP contribution in [0.1, 0.15) is 65.2 Å². The molecular formula is C17H32N2. The van der Waals surface area contributed by atoms with Gasteiger partial charge >= 0.3 is 0 Å². The smallest absolute Gasteiger partial charge is 0.0224 e. The number of piperazine rings is 1. The fourth-order valence-corrected chi connectivity index (χ4v) is 4.28. The van der Waals surface area contributed by atoms with Crippen molar-refractivity contribution in [2.75, 3.05) is 13.1 Å². The molecule has 0 amide bonds. The summed E-state index contributed by atoms with van der Waals surface area (Å²) in [5.74, 6) is 1.97. The van der Waals surface area contributed by atoms with Crippen LogP contribution >= 0.6 is 0 Å². The third-order valence-electron chi connectivity index (χ3n) is 5.85. The fourth-order valence-electron chi connectivity index (χ4n) is 4.28. The predicted molar refractivity (Wildman–Crippen MR) is 81.3 cm³/mol. The lowest BCUT2D eigenvalue weighted by molar-refractivity contribution is 0.0651. The van der Waals surface area contributed by atoms with E-state index in [1.54, 1.807) is 0 Å². The molecule has 4 atom stereocenters. The molecule has 3 fully saturated rings. The molecule has 3 rings (SSSR count). The first-order valence-electron chi connectivity index (χ1n) is 8.77. The van der Waals surface area contributed by atoms with Gasteiger partial charge in [-0.3, -0.25) is 4.90 Å². The van der Waals surface area contributed by atoms with Crippen LogP contribution in [0.4, 0.5) is 0 Å². The molecule has 0 bridgehead atoms. The molecule has 0 aromatic carbocycles. The van der Waals surface area contributed by atoms with E-state index in [1.807, 2.05) is 0 Å². The van der Waals surface area contributed by atoms with E-state index in [4.69, 9.17) is 0 Å². The van der Waals surface area contributed by atoms with Crippen molar-refractivity contribution >= 4 is 0 Å². The van der Waals surface area contributed by atoms with Gasteiger partial charge in [0.1, 0.15) is 0 Å². The lowest BCUT2D eigenvalue weighted by Crippen LogP contribution is -2.59. The van der Waals surface area contributed by atoms with Gasteiger partial charge in [-0.25, -0.2) is 0 Å². The second kappa shape index (κ2) is 6.13. The van der Waals surface area contributed by atoms with E-state index < -0.39 is 0 Å². The van der Waals surface area contributed by atoms with Crippen molar-refractivity contribution in [2.45, 2.75) is 83.3 Å². The van der Waals surface area contributed by atoms with Crippen LogP contribution in [-0.4, -0.2) is 36.1 Å². The molecule has 110 valence electrons. The van der Waals surface area contributed by atoms with E-state index >= 15 is 0 Å². The van der Waals surface area contributed by atoms with Gasteiger partial charge < -0.3 is 5.32 Å². The monoisotopic (exact) mass is 264 g/mol. The van der Waals surface area contributed by atoms with Crippen molar-refractivity contribution in [3.05, 3.63) is 0 Å². The van der Waals surface area contributed by atoms with Crippen LogP contribution in [0.2, 0.25) is 0 Å². The Kier molecular flexibility index (Phi) is 4.48. The first kappa shape index (κ1) is 13.9. The Balaban J connectivity index is 1.63. The topological polar surface area (TPSA) is 15.3 Å². The highest BCUT2D eigenvalue weighted by Crippen LogP contribution is 2.36. The Bertz CT molecular complexity index is 287. The van der Waals surface area contributed by atoms with Gasteiger partial charge in [-0.1, -0.05) is 26.7 Å². The average molecular weight is 264 g/mol. The number of nitrogens with zero attached hydrogens (tertiary/aromatic N) is 1. The summed E-state index contributed by atoms with van der Waals surface area (Å²) in [7, 11) is 0. The quantitative estimate of drug-likeness (QED) is 0.786. The molecule has 1 N–H and O–H groups in total. The van der Waals surface area contributed by atoms with Crippen molar-refractivity contribution in [1.29, 1.82) is 0 Å². The number of hydrogen-bond acceptors (Lipinski definition) is 2. The molecule has 19 heavy (non-hydrogen) atoms. The summed E-state index contributed by atoms with van der Waals surface area (Å²) in [4.78, 5) is 2.91. The Hall–Kier alpha value is -0.0800. The molecule has 0 aromatic rings. The van der Waals surface area contributed by atoms with Gasteiger partial charge in [-0.15, -0.1) is 0 Å². The van der Waals surface area contributed by atoms with Crippen LogP contribution in [0.3, 0.4) is 0 Å². The van der Waals surface area contributed by atoms with Gasteiger partial charge in [0.15, 0.2) is 0 Å². The summed E-state index contributed by atoms with van der Waals surface area (Å²) >= 11 is 0. The molecule has 2 saturated carbocycles. The summed E-state index contributed by atoms with van der Waals surface area (Å²) in [6.07, 6.45) is 11.6. The standard InChI is InChI=1S/C17H32N2/c1-3-15-11-18-17(14-8-9-14)12-19(15)16-6-4-5-13(2)7-10-16/h13-18H,3-12H2,1-2H3. The van der Waals surface area contributed by atoms with Crippen molar-refractivity contribution in [3.8, 4) is 0 Å². The minimum absolute atomic E-state index is 0.799. The van der Waals surface area contributed by atoms with E-state index in [0.29, 0.717) is 0 Å². The molecule has 2 aliphatic carbocycles. The minimum atomic E-state index is 0.799. The van der Waals surface area contributed by atoms with Gasteiger partial charge in [-0.05, 0) is 50.4 Å². The lowest BCUT2D eigenvalue weighted by atomic mass is 9.97. The van der Waals surface area contributed by atoms with Crippen LogP contribution in [0.25, 0.3) is 0 Å². The minimum Gasteiger partial charge on any atom is -0.311 e. The van der Waals surface area contributed by atoms with E-state index in [-0.39, 0.29) is 0 Å². The third-order valence-corrected chi connectivity index (χ3v) is 5.85. The maximum atomic E-state index is 3.83. The van der Waals surface area contributed by atoms with Gasteiger partial charge in [0.05, 0.1) is 0 Å². The van der Waals surface area contributed by atoms with E-state index in [2.05, 4.69) is 24.1 Å². The summed E-state index contributed by atoms with van der Waals surface area (Å²) in [5.41, 5.74) is 0. The van der Waals surface area contributed by atoms with Crippen LogP contribution in [0.5, 0.6) is 0 Å². The summed E-state index contributed by atoms with van der Waals surface area (Å²) in [5, 5.41) is 3.83. The fraction of sp³-hybridized carbons (Fsp3) is 1.00. The first-order valence-corrected chi connectivity index (χ1v) is 8.77. The maximum absolute atomic E-state index is 3.83. The predicted octanol–water partition coefficient (Wildman–Crippen LogP) is 3.42. The Morgan fingerprint density at radius 3 is 2.63 bits per heavy atom. The second-order valence-corrected chi connectivity index (χ2v) is 7.38. The highest BCUT2D eigenvalue weighted by molar-refractivity contribution is 4.96. The zero-order valence-corrected chi connectivity index (χ0v) is 12.9. The summed E-state index contributed by atoms with van der Waals surface area (Å²) in [6, 6.07) is 2.50. The Morgan fingerprint density at radius 2 is 1.89 bits per heavy atom. The van der Waals surface area contributed by atoms with E-state index in [0.717, 1.165) is 30.0 Å². The highest BCUT2D eigenvalue weighted by Gasteiger charge is 2.39. The molecule has 0 radical (unpaired) electrons. The van der Waals surface area contributed by atoms with Crippen molar-refractivity contribution in [3.63, 3.8) is 0 Å². The lowest BCUT2D eigenvalue weighted by Gasteiger charge is -2.45. The molecule has 0 aromatic heterocycles. The maximum Gasteiger partial charge on any atom is 0.0224 e. The summed E-state index contributed by atoms with van der Waals surface area (Å²) in [6.45, 7) is 7.40. The Labute approximate surface area is 119 Å². The zero-order valence-electron chi connectivity index (χ0n) is 12.9. The van der Waals surface area contributed by atoms with Crippen molar-refractivity contribution in [1.82, 2.24) is 10.2 Å². The van der Waals surface area contributed by atoms with Gasteiger partial charge in [0.25, 0.3) is 0 Å². The SMILES string of the molecule is CCC1CNC(C2CC2)CN1C1CCCC(C)CC1. The molecule has 4 unspecified atom stereocenters. The van der Waals surface area contributed by atoms with Crippen molar-refractivity contribution < 1.29 is 0 Å². The molecule has 1 saturated heterocycles. The van der Waals surface area contributed by atoms with E-state index in [9.17, 15) is 0 Å². The van der Waals surface area contributed by atoms with Gasteiger partial charge in [0, 0.05) is 31.2 Å². The van der Waals surface area contributed by atoms with Gasteiger partial charge in [-0.2, -0.15) is 0 Å². The molecule has 1 aliphatic heterocycles. The molecule has 0 spiro atoms. The van der Waals surface area contributed by atoms with Crippen LogP contribution in [0.15, 0.2) is 0 Å². The van der Waals surface area contributed by atoms with Crippen LogP contribution < -0.4 is 5.32 Å². The Morgan fingerprint density at radius 1 is 1.05 bits per heavy atom. The number of rotatable bonds is 3. The largest absolute Gasteiger partial charge is 0.311 e. The molecule has 3 aliphatic rings. The summed E-state index contributed by atoms with van der Waals surface area (Å²) < 4.78 is 0. The highest BCUT2D eigenvalue weighted by atomic mass is 15.3. The molecule has 2 heteroatoms. The second-order valence-electron chi connectivity index (χ2n) is 7.38. The molecular weight excluding hydrogens is 232 g/mol. The van der Waals surface area contributed by atoms with Crippen molar-refractivity contribution in [2.24, 2.45) is 11.8 Å². The normalized spacial score (nSPS) is 42.0. The zero-order chi connectivity index (χ0) is 13.2. The van der Waals surface area contributed by atoms with Crippen LogP contribution in [-0.2, 0) is 0 Å². The van der Waals surface area contributed by atoms with Gasteiger partial charge in [0.2, 0.25) is 0 Å². The number of hydrogen-bond donors (Lipinski definition) is 1.